The first kappa shape index (κ1) is 24.1. The van der Waals surface area contributed by atoms with Gasteiger partial charge in [0.15, 0.2) is 0 Å². The van der Waals surface area contributed by atoms with Crippen LogP contribution in [0.4, 0.5) is 18.9 Å². The fraction of sp³-hybridized carbons (Fsp3) is 0.0833. The van der Waals surface area contributed by atoms with Crippen molar-refractivity contribution in [3.8, 4) is 0 Å². The second kappa shape index (κ2) is 9.66. The van der Waals surface area contributed by atoms with Gasteiger partial charge in [-0.15, -0.1) is 11.3 Å². The molecule has 4 rings (SSSR count). The van der Waals surface area contributed by atoms with Crippen LogP contribution in [-0.4, -0.2) is 11.9 Å². The fourth-order valence-electron chi connectivity index (χ4n) is 3.26. The van der Waals surface area contributed by atoms with Gasteiger partial charge in [-0.1, -0.05) is 71.7 Å². The summed E-state index contributed by atoms with van der Waals surface area (Å²) in [6, 6.07) is 18.0. The van der Waals surface area contributed by atoms with E-state index in [9.17, 15) is 22.8 Å². The van der Waals surface area contributed by atoms with Crippen LogP contribution in [0, 0.1) is 0 Å². The van der Waals surface area contributed by atoms with Gasteiger partial charge in [-0.25, -0.2) is 4.79 Å². The van der Waals surface area contributed by atoms with E-state index in [1.54, 1.807) is 42.5 Å². The lowest BCUT2D eigenvalue weighted by atomic mass is 10.1. The highest BCUT2D eigenvalue weighted by Gasteiger charge is 2.35. The minimum absolute atomic E-state index is 0.0825. The summed E-state index contributed by atoms with van der Waals surface area (Å²) in [5, 5.41) is 2.90. The molecular formula is C24H14Cl2F3NO3S. The third-order valence-electron chi connectivity index (χ3n) is 4.83. The average Bonchev–Trinajstić information content (AvgIpc) is 3.15. The van der Waals surface area contributed by atoms with Crippen molar-refractivity contribution >= 4 is 62.2 Å². The van der Waals surface area contributed by atoms with E-state index in [-0.39, 0.29) is 20.5 Å². The Balaban J connectivity index is 1.67. The summed E-state index contributed by atoms with van der Waals surface area (Å²) in [4.78, 5) is 26.1. The average molecular weight is 524 g/mol. The van der Waals surface area contributed by atoms with Crippen molar-refractivity contribution in [3.63, 3.8) is 0 Å². The molecule has 3 aromatic carbocycles. The molecule has 0 aliphatic carbocycles. The van der Waals surface area contributed by atoms with Crippen LogP contribution >= 0.6 is 34.5 Å². The minimum atomic E-state index is -4.77. The summed E-state index contributed by atoms with van der Waals surface area (Å²) in [5.74, 6) is -1.84. The Morgan fingerprint density at radius 3 is 2.29 bits per heavy atom. The highest BCUT2D eigenvalue weighted by Crippen LogP contribution is 2.38. The largest absolute Gasteiger partial charge is 0.443 e. The lowest BCUT2D eigenvalue weighted by Gasteiger charge is -2.20. The molecule has 0 saturated carbocycles. The molecule has 0 spiro atoms. The van der Waals surface area contributed by atoms with Gasteiger partial charge in [-0.2, -0.15) is 13.2 Å². The fourth-order valence-corrected chi connectivity index (χ4v) is 4.83. The number of anilines is 1. The maximum Gasteiger partial charge on any atom is 0.418 e. The van der Waals surface area contributed by atoms with Crippen molar-refractivity contribution in [2.24, 2.45) is 0 Å². The molecule has 1 N–H and O–H groups in total. The second-order valence-electron chi connectivity index (χ2n) is 7.11. The molecule has 0 radical (unpaired) electrons. The molecule has 174 valence electrons. The van der Waals surface area contributed by atoms with Crippen LogP contribution in [0.1, 0.15) is 26.9 Å². The van der Waals surface area contributed by atoms with Crippen LogP contribution in [0.2, 0.25) is 10.0 Å². The van der Waals surface area contributed by atoms with Crippen LogP contribution < -0.4 is 5.32 Å². The number of ether oxygens (including phenoxy) is 1. The van der Waals surface area contributed by atoms with Crippen LogP contribution in [0.3, 0.4) is 0 Å². The molecule has 0 fully saturated rings. The zero-order chi connectivity index (χ0) is 24.5. The first-order valence-electron chi connectivity index (χ1n) is 9.75. The molecule has 1 heterocycles. The highest BCUT2D eigenvalue weighted by atomic mass is 35.5. The quantitative estimate of drug-likeness (QED) is 0.272. The van der Waals surface area contributed by atoms with E-state index < -0.39 is 35.4 Å². The smallest absolute Gasteiger partial charge is 0.418 e. The number of esters is 1. The van der Waals surface area contributed by atoms with E-state index in [2.05, 4.69) is 5.32 Å². The molecule has 1 amide bonds. The summed E-state index contributed by atoms with van der Waals surface area (Å²) in [7, 11) is 0. The molecule has 0 aliphatic rings. The van der Waals surface area contributed by atoms with Crippen molar-refractivity contribution in [3.05, 3.63) is 98.8 Å². The molecule has 0 saturated heterocycles. The lowest BCUT2D eigenvalue weighted by molar-refractivity contribution is -0.137. The number of alkyl halides is 3. The van der Waals surface area contributed by atoms with Gasteiger partial charge in [0.25, 0.3) is 5.91 Å². The van der Waals surface area contributed by atoms with Gasteiger partial charge in [0.2, 0.25) is 6.10 Å². The van der Waals surface area contributed by atoms with Crippen LogP contribution in [0.5, 0.6) is 0 Å². The Hall–Kier alpha value is -3.07. The van der Waals surface area contributed by atoms with Gasteiger partial charge in [0, 0.05) is 20.7 Å². The molecule has 4 aromatic rings. The highest BCUT2D eigenvalue weighted by molar-refractivity contribution is 7.21. The van der Waals surface area contributed by atoms with Crippen LogP contribution in [0.15, 0.2) is 72.8 Å². The summed E-state index contributed by atoms with van der Waals surface area (Å²) in [6.07, 6.45) is -6.30. The van der Waals surface area contributed by atoms with Gasteiger partial charge in [-0.3, -0.25) is 4.79 Å². The van der Waals surface area contributed by atoms with E-state index in [0.717, 1.165) is 22.1 Å². The monoisotopic (exact) mass is 523 g/mol. The van der Waals surface area contributed by atoms with E-state index in [0.29, 0.717) is 11.5 Å². The number of rotatable bonds is 5. The van der Waals surface area contributed by atoms with E-state index >= 15 is 0 Å². The van der Waals surface area contributed by atoms with Crippen LogP contribution in [0.25, 0.3) is 10.1 Å². The number of thiophene rings is 1. The first-order chi connectivity index (χ1) is 16.1. The van der Waals surface area contributed by atoms with E-state index in [1.807, 2.05) is 0 Å². The number of halogens is 5. The number of carbonyl (C=O) groups is 2. The maximum absolute atomic E-state index is 13.5. The lowest BCUT2D eigenvalue weighted by Crippen LogP contribution is -2.27. The van der Waals surface area contributed by atoms with Crippen molar-refractivity contribution in [1.82, 2.24) is 0 Å². The Morgan fingerprint density at radius 2 is 1.62 bits per heavy atom. The zero-order valence-corrected chi connectivity index (χ0v) is 19.4. The van der Waals surface area contributed by atoms with E-state index in [4.69, 9.17) is 27.9 Å². The standard InChI is InChI=1S/C24H14Cl2F3NO3S/c25-14-10-11-17(16(12-14)24(27,28)29)30-22(31)20(13-6-2-1-3-7-13)33-23(32)21-19(26)15-8-4-5-9-18(15)34-21/h1-12,20H,(H,30,31)/t20-/m1/s1. The molecule has 10 heteroatoms. The molecule has 0 bridgehead atoms. The number of fused-ring (bicyclic) bond motifs is 1. The third-order valence-corrected chi connectivity index (χ3v) is 6.72. The SMILES string of the molecule is O=C(O[C@@H](C(=O)Nc1ccc(Cl)cc1C(F)(F)F)c1ccccc1)c1sc2ccccc2c1Cl. The van der Waals surface area contributed by atoms with Gasteiger partial charge in [0.05, 0.1) is 16.3 Å². The topological polar surface area (TPSA) is 55.4 Å². The van der Waals surface area contributed by atoms with E-state index in [1.165, 1.54) is 18.2 Å². The Kier molecular flexibility index (Phi) is 6.84. The molecule has 4 nitrogen and oxygen atoms in total. The Labute approximate surface area is 205 Å². The molecule has 1 atom stereocenters. The summed E-state index contributed by atoms with van der Waals surface area (Å²) >= 11 is 13.1. The van der Waals surface area contributed by atoms with Gasteiger partial charge in [-0.05, 0) is 24.3 Å². The molecule has 1 aromatic heterocycles. The Morgan fingerprint density at radius 1 is 0.941 bits per heavy atom. The normalized spacial score (nSPS) is 12.4. The summed E-state index contributed by atoms with van der Waals surface area (Å²) in [5.41, 5.74) is -1.37. The predicted octanol–water partition coefficient (Wildman–Crippen LogP) is 7.76. The maximum atomic E-state index is 13.5. The minimum Gasteiger partial charge on any atom is -0.443 e. The zero-order valence-electron chi connectivity index (χ0n) is 17.0. The van der Waals surface area contributed by atoms with Crippen molar-refractivity contribution in [2.45, 2.75) is 12.3 Å². The first-order valence-corrected chi connectivity index (χ1v) is 11.3. The third kappa shape index (κ3) is 5.04. The number of nitrogens with one attached hydrogen (secondary N) is 1. The van der Waals surface area contributed by atoms with Gasteiger partial charge >= 0.3 is 12.1 Å². The van der Waals surface area contributed by atoms with Gasteiger partial charge < -0.3 is 10.1 Å². The second-order valence-corrected chi connectivity index (χ2v) is 8.98. The number of amides is 1. The van der Waals surface area contributed by atoms with Crippen LogP contribution in [-0.2, 0) is 15.7 Å². The summed E-state index contributed by atoms with van der Waals surface area (Å²) < 4.78 is 46.6. The van der Waals surface area contributed by atoms with Crippen molar-refractivity contribution in [1.29, 1.82) is 0 Å². The number of benzene rings is 3. The molecule has 0 unspecified atom stereocenters. The number of hydrogen-bond donors (Lipinski definition) is 1. The Bertz CT molecular complexity index is 1370. The molecular weight excluding hydrogens is 510 g/mol. The number of carbonyl (C=O) groups excluding carboxylic acids is 2. The predicted molar refractivity (Wildman–Crippen MR) is 127 cm³/mol. The number of hydrogen-bond acceptors (Lipinski definition) is 4. The van der Waals surface area contributed by atoms with Crippen molar-refractivity contribution in [2.75, 3.05) is 5.32 Å². The summed E-state index contributed by atoms with van der Waals surface area (Å²) in [6.45, 7) is 0. The molecule has 0 aliphatic heterocycles. The van der Waals surface area contributed by atoms with Gasteiger partial charge in [0.1, 0.15) is 4.88 Å². The molecule has 34 heavy (non-hydrogen) atoms. The van der Waals surface area contributed by atoms with Crippen molar-refractivity contribution < 1.29 is 27.5 Å².